The first-order valence-electron chi connectivity index (χ1n) is 4.93. The number of aliphatic carboxylic acids is 1. The summed E-state index contributed by atoms with van der Waals surface area (Å²) in [6.07, 6.45) is -3.59. The molecule has 0 unspecified atom stereocenters. The van der Waals surface area contributed by atoms with Crippen LogP contribution in [0.1, 0.15) is 13.3 Å². The highest BCUT2D eigenvalue weighted by atomic mass is 19.4. The summed E-state index contributed by atoms with van der Waals surface area (Å²) in [4.78, 5) is 12.0. The number of halogens is 3. The van der Waals surface area contributed by atoms with E-state index >= 15 is 0 Å². The van der Waals surface area contributed by atoms with Gasteiger partial charge in [-0.25, -0.2) is 0 Å². The first-order valence-corrected chi connectivity index (χ1v) is 4.93. The maximum absolute atomic E-state index is 11.7. The molecule has 0 saturated heterocycles. The summed E-state index contributed by atoms with van der Waals surface area (Å²) in [7, 11) is 0. The van der Waals surface area contributed by atoms with Crippen LogP contribution >= 0.6 is 0 Å². The summed E-state index contributed by atoms with van der Waals surface area (Å²) in [6.45, 7) is 0.999. The third-order valence-electron chi connectivity index (χ3n) is 1.72. The van der Waals surface area contributed by atoms with Gasteiger partial charge in [0.05, 0.1) is 13.2 Å². The Morgan fingerprint density at radius 2 is 2.00 bits per heavy atom. The van der Waals surface area contributed by atoms with Gasteiger partial charge in [0, 0.05) is 6.54 Å². The molecule has 0 saturated carbocycles. The van der Waals surface area contributed by atoms with Crippen molar-refractivity contribution >= 4 is 5.97 Å². The first-order chi connectivity index (χ1) is 7.35. The lowest BCUT2D eigenvalue weighted by atomic mass is 10.4. The van der Waals surface area contributed by atoms with Gasteiger partial charge in [-0.3, -0.25) is 9.69 Å². The lowest BCUT2D eigenvalue weighted by molar-refractivity contribution is -0.174. The molecule has 0 rings (SSSR count). The largest absolute Gasteiger partial charge is 0.480 e. The lowest BCUT2D eigenvalue weighted by Crippen LogP contribution is -2.34. The Bertz CT molecular complexity index is 209. The molecule has 0 radical (unpaired) electrons. The standard InChI is InChI=1S/C9H16F3NO3/c1-2-3-13(6-8(14)15)4-5-16-7-9(10,11)12/h2-7H2,1H3,(H,14,15). The molecule has 0 bridgehead atoms. The van der Waals surface area contributed by atoms with Crippen LogP contribution in [0.2, 0.25) is 0 Å². The van der Waals surface area contributed by atoms with E-state index in [2.05, 4.69) is 4.74 Å². The van der Waals surface area contributed by atoms with Gasteiger partial charge in [-0.15, -0.1) is 0 Å². The fraction of sp³-hybridized carbons (Fsp3) is 0.889. The van der Waals surface area contributed by atoms with E-state index in [9.17, 15) is 18.0 Å². The van der Waals surface area contributed by atoms with Crippen LogP contribution in [0.15, 0.2) is 0 Å². The van der Waals surface area contributed by atoms with Gasteiger partial charge in [0.2, 0.25) is 0 Å². The molecule has 0 aliphatic heterocycles. The number of alkyl halides is 3. The Kier molecular flexibility index (Phi) is 7.07. The van der Waals surface area contributed by atoms with E-state index in [-0.39, 0.29) is 19.7 Å². The van der Waals surface area contributed by atoms with Crippen molar-refractivity contribution in [2.45, 2.75) is 19.5 Å². The minimum absolute atomic E-state index is 0.118. The summed E-state index contributed by atoms with van der Waals surface area (Å²) >= 11 is 0. The molecule has 0 aromatic rings. The topological polar surface area (TPSA) is 49.8 Å². The van der Waals surface area contributed by atoms with Crippen LogP contribution < -0.4 is 0 Å². The van der Waals surface area contributed by atoms with Gasteiger partial charge in [0.15, 0.2) is 0 Å². The SMILES string of the molecule is CCCN(CCOCC(F)(F)F)CC(=O)O. The van der Waals surface area contributed by atoms with Crippen molar-refractivity contribution in [3.8, 4) is 0 Å². The van der Waals surface area contributed by atoms with E-state index in [0.29, 0.717) is 6.54 Å². The molecule has 0 aromatic carbocycles. The number of ether oxygens (including phenoxy) is 1. The summed E-state index contributed by atoms with van der Waals surface area (Å²) in [5, 5.41) is 8.53. The smallest absolute Gasteiger partial charge is 0.411 e. The maximum atomic E-state index is 11.7. The van der Waals surface area contributed by atoms with Gasteiger partial charge >= 0.3 is 12.1 Å². The van der Waals surface area contributed by atoms with Crippen molar-refractivity contribution in [3.63, 3.8) is 0 Å². The van der Waals surface area contributed by atoms with E-state index in [4.69, 9.17) is 5.11 Å². The molecule has 0 aliphatic carbocycles. The van der Waals surface area contributed by atoms with Gasteiger partial charge < -0.3 is 9.84 Å². The number of hydrogen-bond acceptors (Lipinski definition) is 3. The summed E-state index contributed by atoms with van der Waals surface area (Å²) in [5.41, 5.74) is 0. The highest BCUT2D eigenvalue weighted by molar-refractivity contribution is 5.69. The Balaban J connectivity index is 3.71. The van der Waals surface area contributed by atoms with Crippen molar-refractivity contribution in [2.24, 2.45) is 0 Å². The summed E-state index contributed by atoms with van der Waals surface area (Å²) < 4.78 is 39.5. The zero-order valence-corrected chi connectivity index (χ0v) is 9.09. The van der Waals surface area contributed by atoms with Crippen molar-refractivity contribution in [2.75, 3.05) is 32.8 Å². The molecule has 0 amide bonds. The Labute approximate surface area is 92.0 Å². The van der Waals surface area contributed by atoms with Crippen LogP contribution in [-0.2, 0) is 9.53 Å². The molecule has 0 spiro atoms. The van der Waals surface area contributed by atoms with Crippen LogP contribution in [-0.4, -0.2) is 55.0 Å². The lowest BCUT2D eigenvalue weighted by Gasteiger charge is -2.19. The van der Waals surface area contributed by atoms with Gasteiger partial charge in [-0.05, 0) is 13.0 Å². The molecule has 0 atom stereocenters. The van der Waals surface area contributed by atoms with Crippen molar-refractivity contribution in [1.82, 2.24) is 4.90 Å². The quantitative estimate of drug-likeness (QED) is 0.654. The van der Waals surface area contributed by atoms with Crippen molar-refractivity contribution in [1.29, 1.82) is 0 Å². The molecule has 7 heteroatoms. The van der Waals surface area contributed by atoms with Crippen LogP contribution in [0.4, 0.5) is 13.2 Å². The number of rotatable bonds is 8. The molecule has 96 valence electrons. The Morgan fingerprint density at radius 3 is 2.44 bits per heavy atom. The Morgan fingerprint density at radius 1 is 1.38 bits per heavy atom. The summed E-state index contributed by atoms with van der Waals surface area (Å²) in [6, 6.07) is 0. The number of nitrogens with zero attached hydrogens (tertiary/aromatic N) is 1. The van der Waals surface area contributed by atoms with E-state index in [1.165, 1.54) is 0 Å². The van der Waals surface area contributed by atoms with Gasteiger partial charge in [0.1, 0.15) is 6.61 Å². The normalized spacial score (nSPS) is 12.1. The highest BCUT2D eigenvalue weighted by Gasteiger charge is 2.27. The average molecular weight is 243 g/mol. The number of carboxylic acids is 1. The number of carboxylic acid groups (broad SMARTS) is 1. The minimum Gasteiger partial charge on any atom is -0.480 e. The zero-order chi connectivity index (χ0) is 12.6. The predicted octanol–water partition coefficient (Wildman–Crippen LogP) is 1.36. The predicted molar refractivity (Wildman–Crippen MR) is 51.2 cm³/mol. The number of hydrogen-bond donors (Lipinski definition) is 1. The van der Waals surface area contributed by atoms with Crippen LogP contribution in [0, 0.1) is 0 Å². The fourth-order valence-electron chi connectivity index (χ4n) is 1.16. The molecule has 4 nitrogen and oxygen atoms in total. The number of carbonyl (C=O) groups is 1. The first kappa shape index (κ1) is 15.2. The van der Waals surface area contributed by atoms with E-state index < -0.39 is 18.8 Å². The van der Waals surface area contributed by atoms with Gasteiger partial charge in [0.25, 0.3) is 0 Å². The monoisotopic (exact) mass is 243 g/mol. The van der Waals surface area contributed by atoms with Gasteiger partial charge in [-0.2, -0.15) is 13.2 Å². The van der Waals surface area contributed by atoms with Gasteiger partial charge in [-0.1, -0.05) is 6.92 Å². The molecule has 0 fully saturated rings. The third kappa shape index (κ3) is 9.72. The second-order valence-corrected chi connectivity index (χ2v) is 3.34. The van der Waals surface area contributed by atoms with Crippen LogP contribution in [0.25, 0.3) is 0 Å². The molecule has 0 aliphatic rings. The van der Waals surface area contributed by atoms with Crippen LogP contribution in [0.5, 0.6) is 0 Å². The zero-order valence-electron chi connectivity index (χ0n) is 9.09. The Hall–Kier alpha value is -0.820. The molecule has 1 N–H and O–H groups in total. The van der Waals surface area contributed by atoms with E-state index in [1.54, 1.807) is 4.90 Å². The van der Waals surface area contributed by atoms with E-state index in [0.717, 1.165) is 6.42 Å². The second kappa shape index (κ2) is 7.45. The van der Waals surface area contributed by atoms with Crippen LogP contribution in [0.3, 0.4) is 0 Å². The van der Waals surface area contributed by atoms with Crippen molar-refractivity contribution < 1.29 is 27.8 Å². The molecular weight excluding hydrogens is 227 g/mol. The minimum atomic E-state index is -4.33. The molecule has 16 heavy (non-hydrogen) atoms. The fourth-order valence-corrected chi connectivity index (χ4v) is 1.16. The third-order valence-corrected chi connectivity index (χ3v) is 1.72. The summed E-state index contributed by atoms with van der Waals surface area (Å²) in [5.74, 6) is -0.996. The van der Waals surface area contributed by atoms with E-state index in [1.807, 2.05) is 6.92 Å². The average Bonchev–Trinajstić information content (AvgIpc) is 2.10. The highest BCUT2D eigenvalue weighted by Crippen LogP contribution is 2.14. The second-order valence-electron chi connectivity index (χ2n) is 3.34. The molecule has 0 heterocycles. The van der Waals surface area contributed by atoms with Crippen molar-refractivity contribution in [3.05, 3.63) is 0 Å². The molecular formula is C9H16F3NO3. The maximum Gasteiger partial charge on any atom is 0.411 e. The molecule has 0 aromatic heterocycles.